The average molecular weight is 335 g/mol. The predicted octanol–water partition coefficient (Wildman–Crippen LogP) is 5.23. The summed E-state index contributed by atoms with van der Waals surface area (Å²) in [7, 11) is 0. The van der Waals surface area contributed by atoms with E-state index in [9.17, 15) is 0 Å². The first kappa shape index (κ1) is 13.0. The van der Waals surface area contributed by atoms with Gasteiger partial charge >= 0.3 is 0 Å². The zero-order valence-electron chi connectivity index (χ0n) is 10.5. The highest BCUT2D eigenvalue weighted by Gasteiger charge is 2.21. The fourth-order valence-corrected chi connectivity index (χ4v) is 3.42. The molecule has 1 aliphatic rings. The van der Waals surface area contributed by atoms with Crippen molar-refractivity contribution in [2.45, 2.75) is 31.6 Å². The standard InChI is InChI=1S/C15H15BrN2S/c16-12-13(10-6-4-5-7-10)17-14(18-15(12)19)11-8-2-1-3-9-11/h1-3,8-10H,4-7H2,(H,17,18,19). The zero-order valence-corrected chi connectivity index (χ0v) is 12.9. The summed E-state index contributed by atoms with van der Waals surface area (Å²) >= 11 is 8.98. The molecule has 1 heterocycles. The summed E-state index contributed by atoms with van der Waals surface area (Å²) in [4.78, 5) is 7.97. The van der Waals surface area contributed by atoms with Gasteiger partial charge in [-0.2, -0.15) is 0 Å². The van der Waals surface area contributed by atoms with Gasteiger partial charge in [-0.15, -0.1) is 0 Å². The van der Waals surface area contributed by atoms with Crippen molar-refractivity contribution in [2.24, 2.45) is 0 Å². The molecular weight excluding hydrogens is 320 g/mol. The monoisotopic (exact) mass is 334 g/mol. The normalized spacial score (nSPS) is 15.8. The Hall–Kier alpha value is -1.00. The number of aromatic nitrogens is 2. The molecule has 1 fully saturated rings. The third-order valence-electron chi connectivity index (χ3n) is 3.70. The molecule has 0 spiro atoms. The van der Waals surface area contributed by atoms with Crippen molar-refractivity contribution in [1.29, 1.82) is 0 Å². The van der Waals surface area contributed by atoms with Crippen LogP contribution in [0.3, 0.4) is 0 Å². The number of nitrogens with zero attached hydrogens (tertiary/aromatic N) is 1. The summed E-state index contributed by atoms with van der Waals surface area (Å²) in [5.41, 5.74) is 2.30. The van der Waals surface area contributed by atoms with Crippen molar-refractivity contribution >= 4 is 28.1 Å². The van der Waals surface area contributed by atoms with Gasteiger partial charge in [0.15, 0.2) is 0 Å². The Bertz CT molecular complexity index is 630. The first-order valence-corrected chi connectivity index (χ1v) is 7.81. The van der Waals surface area contributed by atoms with Crippen molar-refractivity contribution in [3.05, 3.63) is 45.1 Å². The minimum atomic E-state index is 0.585. The lowest BCUT2D eigenvalue weighted by Gasteiger charge is -2.14. The van der Waals surface area contributed by atoms with Crippen molar-refractivity contribution in [1.82, 2.24) is 9.97 Å². The van der Waals surface area contributed by atoms with Gasteiger partial charge in [-0.25, -0.2) is 4.98 Å². The third kappa shape index (κ3) is 2.65. The molecule has 0 amide bonds. The quantitative estimate of drug-likeness (QED) is 0.762. The van der Waals surface area contributed by atoms with E-state index in [0.717, 1.165) is 15.9 Å². The fourth-order valence-electron chi connectivity index (χ4n) is 2.70. The number of rotatable bonds is 2. The molecule has 1 aliphatic carbocycles. The van der Waals surface area contributed by atoms with Crippen molar-refractivity contribution in [2.75, 3.05) is 0 Å². The van der Waals surface area contributed by atoms with Gasteiger partial charge in [0.2, 0.25) is 0 Å². The van der Waals surface area contributed by atoms with Crippen LogP contribution in [0.1, 0.15) is 37.3 Å². The summed E-state index contributed by atoms with van der Waals surface area (Å²) in [6.07, 6.45) is 5.09. The van der Waals surface area contributed by atoms with Gasteiger partial charge in [-0.1, -0.05) is 55.4 Å². The molecule has 3 rings (SSSR count). The summed E-state index contributed by atoms with van der Waals surface area (Å²) in [5, 5.41) is 0. The summed E-state index contributed by atoms with van der Waals surface area (Å²) in [6.45, 7) is 0. The highest BCUT2D eigenvalue weighted by atomic mass is 79.9. The largest absolute Gasteiger partial charge is 0.342 e. The van der Waals surface area contributed by atoms with E-state index in [1.54, 1.807) is 0 Å². The van der Waals surface area contributed by atoms with Gasteiger partial charge in [0.25, 0.3) is 0 Å². The highest BCUT2D eigenvalue weighted by Crippen LogP contribution is 2.37. The van der Waals surface area contributed by atoms with Crippen molar-refractivity contribution in [3.63, 3.8) is 0 Å². The van der Waals surface area contributed by atoms with E-state index in [2.05, 4.69) is 38.0 Å². The first-order valence-electron chi connectivity index (χ1n) is 6.61. The van der Waals surface area contributed by atoms with E-state index in [4.69, 9.17) is 12.2 Å². The van der Waals surface area contributed by atoms with Crippen molar-refractivity contribution in [3.8, 4) is 11.4 Å². The van der Waals surface area contributed by atoms with Crippen molar-refractivity contribution < 1.29 is 0 Å². The van der Waals surface area contributed by atoms with Gasteiger partial charge in [-0.05, 0) is 28.8 Å². The Balaban J connectivity index is 2.10. The zero-order chi connectivity index (χ0) is 13.2. The van der Waals surface area contributed by atoms with Crippen LogP contribution in [0, 0.1) is 4.64 Å². The number of hydrogen-bond acceptors (Lipinski definition) is 2. The Morgan fingerprint density at radius 3 is 2.53 bits per heavy atom. The number of aromatic amines is 1. The highest BCUT2D eigenvalue weighted by molar-refractivity contribution is 9.10. The molecule has 1 aromatic carbocycles. The van der Waals surface area contributed by atoms with E-state index in [-0.39, 0.29) is 0 Å². The fraction of sp³-hybridized carbons (Fsp3) is 0.333. The van der Waals surface area contributed by atoms with E-state index in [0.29, 0.717) is 10.6 Å². The van der Waals surface area contributed by atoms with Gasteiger partial charge in [-0.3, -0.25) is 0 Å². The maximum absolute atomic E-state index is 5.39. The van der Waals surface area contributed by atoms with Crippen LogP contribution in [-0.4, -0.2) is 9.97 Å². The topological polar surface area (TPSA) is 28.7 Å². The Morgan fingerprint density at radius 2 is 1.84 bits per heavy atom. The molecule has 2 nitrogen and oxygen atoms in total. The molecule has 0 radical (unpaired) electrons. The van der Waals surface area contributed by atoms with Crippen LogP contribution < -0.4 is 0 Å². The lowest BCUT2D eigenvalue weighted by atomic mass is 10.0. The molecule has 1 aromatic heterocycles. The minimum absolute atomic E-state index is 0.585. The lowest BCUT2D eigenvalue weighted by Crippen LogP contribution is -2.02. The van der Waals surface area contributed by atoms with E-state index < -0.39 is 0 Å². The number of hydrogen-bond donors (Lipinski definition) is 1. The number of benzene rings is 1. The molecule has 4 heteroatoms. The second-order valence-corrected chi connectivity index (χ2v) is 6.15. The summed E-state index contributed by atoms with van der Waals surface area (Å²) < 4.78 is 1.62. The molecule has 1 saturated carbocycles. The second-order valence-electron chi connectivity index (χ2n) is 4.97. The lowest BCUT2D eigenvalue weighted by molar-refractivity contribution is 0.690. The second kappa shape index (κ2) is 5.55. The van der Waals surface area contributed by atoms with Gasteiger partial charge < -0.3 is 4.98 Å². The van der Waals surface area contributed by atoms with E-state index >= 15 is 0 Å². The third-order valence-corrected chi connectivity index (χ3v) is 5.06. The molecule has 0 saturated heterocycles. The smallest absolute Gasteiger partial charge is 0.144 e. The van der Waals surface area contributed by atoms with E-state index in [1.807, 2.05) is 18.2 Å². The SMILES string of the molecule is S=c1nc(-c2ccccc2)[nH]c(C2CCCC2)c1Br. The van der Waals surface area contributed by atoms with Crippen LogP contribution in [0.5, 0.6) is 0 Å². The predicted molar refractivity (Wildman–Crippen MR) is 83.8 cm³/mol. The van der Waals surface area contributed by atoms with Crippen LogP contribution in [0.2, 0.25) is 0 Å². The maximum Gasteiger partial charge on any atom is 0.144 e. The molecule has 0 bridgehead atoms. The molecule has 0 unspecified atom stereocenters. The number of halogens is 1. The molecule has 1 N–H and O–H groups in total. The molecule has 19 heavy (non-hydrogen) atoms. The maximum atomic E-state index is 5.39. The number of nitrogens with one attached hydrogen (secondary N) is 1. The van der Waals surface area contributed by atoms with Gasteiger partial charge in [0, 0.05) is 17.2 Å². The molecule has 0 aliphatic heterocycles. The first-order chi connectivity index (χ1) is 9.25. The van der Waals surface area contributed by atoms with Crippen LogP contribution in [0.4, 0.5) is 0 Å². The summed E-state index contributed by atoms with van der Waals surface area (Å²) in [5.74, 6) is 1.46. The van der Waals surface area contributed by atoms with E-state index in [1.165, 1.54) is 31.4 Å². The van der Waals surface area contributed by atoms with Crippen LogP contribution in [-0.2, 0) is 0 Å². The Kier molecular flexibility index (Phi) is 3.80. The summed E-state index contributed by atoms with van der Waals surface area (Å²) in [6, 6.07) is 10.2. The van der Waals surface area contributed by atoms with Crippen LogP contribution in [0.25, 0.3) is 11.4 Å². The van der Waals surface area contributed by atoms with Crippen LogP contribution >= 0.6 is 28.1 Å². The average Bonchev–Trinajstić information content (AvgIpc) is 2.96. The van der Waals surface area contributed by atoms with Gasteiger partial charge in [0.05, 0.1) is 4.47 Å². The van der Waals surface area contributed by atoms with Gasteiger partial charge in [0.1, 0.15) is 10.5 Å². The Labute approximate surface area is 126 Å². The molecule has 2 aromatic rings. The van der Waals surface area contributed by atoms with Crippen LogP contribution in [0.15, 0.2) is 34.8 Å². The molecular formula is C15H15BrN2S. The minimum Gasteiger partial charge on any atom is -0.342 e. The number of H-pyrrole nitrogens is 1. The molecule has 98 valence electrons. The molecule has 0 atom stereocenters. The Morgan fingerprint density at radius 1 is 1.16 bits per heavy atom.